The zero-order valence-corrected chi connectivity index (χ0v) is 18.4. The first-order chi connectivity index (χ1) is 13.2. The van der Waals surface area contributed by atoms with Crippen LogP contribution in [0.5, 0.6) is 5.75 Å². The number of thiophene rings is 1. The molecule has 0 unspecified atom stereocenters. The molecule has 0 saturated carbocycles. The number of carbonyl (C=O) groups excluding carboxylic acids is 1. The maximum Gasteiger partial charge on any atom is 0.252 e. The van der Waals surface area contributed by atoms with Crippen molar-refractivity contribution in [1.29, 1.82) is 0 Å². The van der Waals surface area contributed by atoms with E-state index >= 15 is 0 Å². The van der Waals surface area contributed by atoms with E-state index in [1.54, 1.807) is 0 Å². The lowest BCUT2D eigenvalue weighted by molar-refractivity contribution is -0.121. The van der Waals surface area contributed by atoms with Gasteiger partial charge in [0.25, 0.3) is 10.0 Å². The predicted octanol–water partition coefficient (Wildman–Crippen LogP) is 2.28. The number of carbonyl (C=O) groups is 1. The van der Waals surface area contributed by atoms with Crippen molar-refractivity contribution in [1.82, 2.24) is 14.5 Å². The number of hydrogen-bond donors (Lipinski definition) is 1. The van der Waals surface area contributed by atoms with Crippen LogP contribution in [-0.2, 0) is 21.4 Å². The van der Waals surface area contributed by atoms with Gasteiger partial charge in [-0.1, -0.05) is 23.7 Å². The maximum absolute atomic E-state index is 12.4. The van der Waals surface area contributed by atoms with E-state index in [1.807, 2.05) is 43.3 Å². The third kappa shape index (κ3) is 6.75. The number of amides is 1. The highest BCUT2D eigenvalue weighted by Gasteiger charge is 2.24. The summed E-state index contributed by atoms with van der Waals surface area (Å²) in [4.78, 5) is 14.1. The summed E-state index contributed by atoms with van der Waals surface area (Å²) in [5.74, 6) is 0.373. The van der Waals surface area contributed by atoms with Crippen LogP contribution in [-0.4, -0.2) is 64.4 Å². The summed E-state index contributed by atoms with van der Waals surface area (Å²) >= 11 is 6.75. The van der Waals surface area contributed by atoms with Crippen molar-refractivity contribution in [2.45, 2.75) is 10.8 Å². The molecule has 10 heteroatoms. The fourth-order valence-corrected chi connectivity index (χ4v) is 5.00. The van der Waals surface area contributed by atoms with Gasteiger partial charge in [0.05, 0.1) is 10.9 Å². The zero-order chi connectivity index (χ0) is 20.7. The Kier molecular flexibility index (Phi) is 8.26. The van der Waals surface area contributed by atoms with Gasteiger partial charge in [0.2, 0.25) is 5.91 Å². The van der Waals surface area contributed by atoms with Gasteiger partial charge in [0.15, 0.2) is 0 Å². The van der Waals surface area contributed by atoms with Crippen molar-refractivity contribution in [3.8, 4) is 5.75 Å². The lowest BCUT2D eigenvalue weighted by atomic mass is 10.2. The highest BCUT2D eigenvalue weighted by Crippen LogP contribution is 2.27. The first-order valence-corrected chi connectivity index (χ1v) is 11.2. The van der Waals surface area contributed by atoms with Crippen molar-refractivity contribution in [3.63, 3.8) is 0 Å². The first-order valence-electron chi connectivity index (χ1n) is 8.53. The minimum absolute atomic E-state index is 0.109. The van der Waals surface area contributed by atoms with Crippen LogP contribution in [0.25, 0.3) is 0 Å². The van der Waals surface area contributed by atoms with Gasteiger partial charge < -0.3 is 15.0 Å². The summed E-state index contributed by atoms with van der Waals surface area (Å²) in [6, 6.07) is 10.3. The Labute approximate surface area is 174 Å². The highest BCUT2D eigenvalue weighted by atomic mass is 35.5. The molecule has 0 aliphatic carbocycles. The number of halogens is 1. The van der Waals surface area contributed by atoms with Crippen LogP contribution < -0.4 is 10.1 Å². The molecule has 1 aromatic heterocycles. The van der Waals surface area contributed by atoms with E-state index < -0.39 is 10.0 Å². The second-order valence-corrected chi connectivity index (χ2v) is 10.4. The Morgan fingerprint density at radius 1 is 1.14 bits per heavy atom. The molecule has 2 aromatic rings. The van der Waals surface area contributed by atoms with Gasteiger partial charge in [-0.3, -0.25) is 4.79 Å². The van der Waals surface area contributed by atoms with E-state index in [0.29, 0.717) is 17.5 Å². The van der Waals surface area contributed by atoms with Crippen LogP contribution in [0, 0.1) is 0 Å². The standard InChI is InChI=1S/C18H24ClN3O4S2/c1-21(2)10-11-26-15-6-4-14(5-7-15)12-20-17(23)13-22(3)28(24,25)18-9-8-16(19)27-18/h4-9H,10-13H2,1-3H3,(H,20,23). The van der Waals surface area contributed by atoms with E-state index in [4.69, 9.17) is 16.3 Å². The Morgan fingerprint density at radius 3 is 2.39 bits per heavy atom. The van der Waals surface area contributed by atoms with E-state index in [-0.39, 0.29) is 16.7 Å². The molecule has 1 N–H and O–H groups in total. The highest BCUT2D eigenvalue weighted by molar-refractivity contribution is 7.91. The van der Waals surface area contributed by atoms with Crippen LogP contribution in [0.1, 0.15) is 5.56 Å². The Balaban J connectivity index is 1.81. The normalized spacial score (nSPS) is 11.8. The lowest BCUT2D eigenvalue weighted by Gasteiger charge is -2.16. The fourth-order valence-electron chi connectivity index (χ4n) is 2.18. The molecule has 1 heterocycles. The van der Waals surface area contributed by atoms with Crippen LogP contribution >= 0.6 is 22.9 Å². The summed E-state index contributed by atoms with van der Waals surface area (Å²) in [6.07, 6.45) is 0. The van der Waals surface area contributed by atoms with E-state index in [2.05, 4.69) is 5.32 Å². The second kappa shape index (κ2) is 10.2. The number of hydrogen-bond acceptors (Lipinski definition) is 6. The van der Waals surface area contributed by atoms with Gasteiger partial charge in [-0.15, -0.1) is 11.3 Å². The summed E-state index contributed by atoms with van der Waals surface area (Å²) in [5.41, 5.74) is 0.892. The first kappa shape index (κ1) is 22.6. The Morgan fingerprint density at radius 2 is 1.82 bits per heavy atom. The van der Waals surface area contributed by atoms with Gasteiger partial charge >= 0.3 is 0 Å². The quantitative estimate of drug-likeness (QED) is 0.607. The average Bonchev–Trinajstić information content (AvgIpc) is 3.08. The lowest BCUT2D eigenvalue weighted by Crippen LogP contribution is -2.37. The predicted molar refractivity (Wildman–Crippen MR) is 111 cm³/mol. The average molecular weight is 446 g/mol. The molecule has 0 atom stereocenters. The molecule has 28 heavy (non-hydrogen) atoms. The van der Waals surface area contributed by atoms with Crippen molar-refractivity contribution in [2.75, 3.05) is 40.8 Å². The van der Waals surface area contributed by atoms with Gasteiger partial charge in [-0.2, -0.15) is 4.31 Å². The summed E-state index contributed by atoms with van der Waals surface area (Å²) in [7, 11) is 1.59. The molecule has 0 aliphatic heterocycles. The molecular weight excluding hydrogens is 422 g/mol. The van der Waals surface area contributed by atoms with Crippen LogP contribution in [0.15, 0.2) is 40.6 Å². The Bertz CT molecular complexity index is 882. The van der Waals surface area contributed by atoms with Crippen LogP contribution in [0.2, 0.25) is 4.34 Å². The number of likely N-dealkylation sites (N-methyl/N-ethyl adjacent to an activating group) is 2. The number of nitrogens with one attached hydrogen (secondary N) is 1. The van der Waals surface area contributed by atoms with Crippen LogP contribution in [0.3, 0.4) is 0 Å². The van der Waals surface area contributed by atoms with E-state index in [1.165, 1.54) is 19.2 Å². The second-order valence-electron chi connectivity index (χ2n) is 6.39. The number of nitrogens with zero attached hydrogens (tertiary/aromatic N) is 2. The molecule has 0 fully saturated rings. The van der Waals surface area contributed by atoms with Crippen LogP contribution in [0.4, 0.5) is 0 Å². The summed E-state index contributed by atoms with van der Waals surface area (Å²) in [5, 5.41) is 2.72. The largest absolute Gasteiger partial charge is 0.492 e. The molecule has 0 radical (unpaired) electrons. The molecule has 0 spiro atoms. The topological polar surface area (TPSA) is 79.0 Å². The molecule has 7 nitrogen and oxygen atoms in total. The van der Waals surface area contributed by atoms with E-state index in [0.717, 1.165) is 33.5 Å². The molecule has 0 aliphatic rings. The minimum Gasteiger partial charge on any atom is -0.492 e. The van der Waals surface area contributed by atoms with Gasteiger partial charge in [-0.25, -0.2) is 8.42 Å². The third-order valence-corrected chi connectivity index (χ3v) is 7.30. The molecule has 0 saturated heterocycles. The summed E-state index contributed by atoms with van der Waals surface area (Å²) in [6.45, 7) is 1.45. The smallest absolute Gasteiger partial charge is 0.252 e. The van der Waals surface area contributed by atoms with Crippen molar-refractivity contribution < 1.29 is 17.9 Å². The third-order valence-electron chi connectivity index (χ3n) is 3.80. The maximum atomic E-state index is 12.4. The summed E-state index contributed by atoms with van der Waals surface area (Å²) < 4.78 is 31.9. The van der Waals surface area contributed by atoms with Crippen molar-refractivity contribution >= 4 is 38.9 Å². The monoisotopic (exact) mass is 445 g/mol. The van der Waals surface area contributed by atoms with E-state index in [9.17, 15) is 13.2 Å². The number of sulfonamides is 1. The molecule has 2 rings (SSSR count). The number of benzene rings is 1. The molecular formula is C18H24ClN3O4S2. The zero-order valence-electron chi connectivity index (χ0n) is 16.0. The van der Waals surface area contributed by atoms with Gasteiger partial charge in [-0.05, 0) is 43.9 Å². The van der Waals surface area contributed by atoms with Gasteiger partial charge in [0, 0.05) is 20.1 Å². The molecule has 1 amide bonds. The van der Waals surface area contributed by atoms with Crippen molar-refractivity contribution in [3.05, 3.63) is 46.3 Å². The number of ether oxygens (including phenoxy) is 1. The molecule has 0 bridgehead atoms. The Hall–Kier alpha value is -1.65. The molecule has 154 valence electrons. The number of rotatable bonds is 10. The fraction of sp³-hybridized carbons (Fsp3) is 0.389. The minimum atomic E-state index is -3.73. The SMILES string of the molecule is CN(C)CCOc1ccc(CNC(=O)CN(C)S(=O)(=O)c2ccc(Cl)s2)cc1. The van der Waals surface area contributed by atoms with Crippen molar-refractivity contribution in [2.24, 2.45) is 0 Å². The molecule has 1 aromatic carbocycles. The van der Waals surface area contributed by atoms with Gasteiger partial charge in [0.1, 0.15) is 16.6 Å².